The number of nitrogens with one attached hydrogen (secondary N) is 1. The van der Waals surface area contributed by atoms with E-state index in [0.717, 1.165) is 18.8 Å². The second kappa shape index (κ2) is 2.40. The number of hydrogen-bond donors (Lipinski definition) is 1. The van der Waals surface area contributed by atoms with Gasteiger partial charge in [0.1, 0.15) is 6.10 Å². The average molecular weight is 155 g/mol. The first-order chi connectivity index (χ1) is 5.25. The van der Waals surface area contributed by atoms with E-state index in [1.165, 1.54) is 6.42 Å². The highest BCUT2D eigenvalue weighted by Crippen LogP contribution is 2.29. The monoisotopic (exact) mass is 155 g/mol. The van der Waals surface area contributed by atoms with Gasteiger partial charge in [-0.2, -0.15) is 0 Å². The molecule has 0 unspecified atom stereocenters. The molecule has 0 aromatic carbocycles. The average Bonchev–Trinajstić information content (AvgIpc) is 2.27. The fourth-order valence-corrected chi connectivity index (χ4v) is 1.97. The quantitative estimate of drug-likeness (QED) is 0.572. The largest absolute Gasteiger partial charge is 0.444 e. The fraction of sp³-hybridized carbons (Fsp3) is 0.875. The number of fused-ring (bicyclic) bond motifs is 1. The maximum atomic E-state index is 10.8. The molecule has 3 nitrogen and oxygen atoms in total. The van der Waals surface area contributed by atoms with Crippen LogP contribution in [0.25, 0.3) is 0 Å². The first-order valence-corrected chi connectivity index (χ1v) is 4.23. The van der Waals surface area contributed by atoms with E-state index in [0.29, 0.717) is 6.04 Å². The van der Waals surface area contributed by atoms with Gasteiger partial charge in [0.15, 0.2) is 0 Å². The Balaban J connectivity index is 2.02. The number of hydrogen-bond acceptors (Lipinski definition) is 2. The topological polar surface area (TPSA) is 38.3 Å². The molecule has 2 aliphatic rings. The highest BCUT2D eigenvalue weighted by atomic mass is 16.6. The molecular weight excluding hydrogens is 142 g/mol. The van der Waals surface area contributed by atoms with Crippen molar-refractivity contribution in [1.29, 1.82) is 0 Å². The van der Waals surface area contributed by atoms with E-state index in [9.17, 15) is 4.79 Å². The molecule has 0 spiro atoms. The van der Waals surface area contributed by atoms with E-state index in [1.807, 2.05) is 0 Å². The molecule has 1 aliphatic heterocycles. The molecule has 0 bridgehead atoms. The number of rotatable bonds is 0. The highest BCUT2D eigenvalue weighted by molar-refractivity contribution is 5.70. The zero-order valence-corrected chi connectivity index (χ0v) is 6.67. The van der Waals surface area contributed by atoms with E-state index in [-0.39, 0.29) is 12.2 Å². The minimum atomic E-state index is -0.228. The summed E-state index contributed by atoms with van der Waals surface area (Å²) in [6, 6.07) is 0.297. The Morgan fingerprint density at radius 1 is 1.55 bits per heavy atom. The lowest BCUT2D eigenvalue weighted by Crippen LogP contribution is -2.36. The molecule has 1 amide bonds. The van der Waals surface area contributed by atoms with Crippen LogP contribution >= 0.6 is 0 Å². The summed E-state index contributed by atoms with van der Waals surface area (Å²) in [4.78, 5) is 10.8. The van der Waals surface area contributed by atoms with Crippen molar-refractivity contribution >= 4 is 6.09 Å². The standard InChI is InChI=1S/C8H13NO2/c1-5-2-3-7-6(4-5)9-8(10)11-7/h5-7H,2-4H2,1H3,(H,9,10)/t5-,6-,7-/m0/s1. The third kappa shape index (κ3) is 1.19. The summed E-state index contributed by atoms with van der Waals surface area (Å²) in [6.45, 7) is 2.22. The van der Waals surface area contributed by atoms with Crippen molar-refractivity contribution in [2.75, 3.05) is 0 Å². The van der Waals surface area contributed by atoms with Crippen LogP contribution in [0.5, 0.6) is 0 Å². The number of ether oxygens (including phenoxy) is 1. The number of alkyl carbamates (subject to hydrolysis) is 1. The predicted molar refractivity (Wildman–Crippen MR) is 40.2 cm³/mol. The molecule has 11 heavy (non-hydrogen) atoms. The van der Waals surface area contributed by atoms with Crippen LogP contribution < -0.4 is 5.32 Å². The van der Waals surface area contributed by atoms with Gasteiger partial charge in [0.05, 0.1) is 6.04 Å². The zero-order valence-electron chi connectivity index (χ0n) is 6.67. The third-order valence-electron chi connectivity index (χ3n) is 2.61. The van der Waals surface area contributed by atoms with Crippen LogP contribution in [-0.4, -0.2) is 18.2 Å². The van der Waals surface area contributed by atoms with Gasteiger partial charge < -0.3 is 10.1 Å². The van der Waals surface area contributed by atoms with Gasteiger partial charge in [-0.3, -0.25) is 0 Å². The first-order valence-electron chi connectivity index (χ1n) is 4.23. The third-order valence-corrected chi connectivity index (χ3v) is 2.61. The molecule has 0 aromatic heterocycles. The van der Waals surface area contributed by atoms with Crippen molar-refractivity contribution in [3.63, 3.8) is 0 Å². The minimum absolute atomic E-state index is 0.165. The van der Waals surface area contributed by atoms with Crippen molar-refractivity contribution in [3.8, 4) is 0 Å². The molecule has 62 valence electrons. The van der Waals surface area contributed by atoms with Crippen LogP contribution in [0.15, 0.2) is 0 Å². The summed E-state index contributed by atoms with van der Waals surface area (Å²) in [6.07, 6.45) is 3.24. The van der Waals surface area contributed by atoms with E-state index in [2.05, 4.69) is 12.2 Å². The lowest BCUT2D eigenvalue weighted by atomic mass is 9.85. The van der Waals surface area contributed by atoms with Gasteiger partial charge in [0, 0.05) is 0 Å². The number of amides is 1. The lowest BCUT2D eigenvalue weighted by molar-refractivity contribution is 0.103. The molecule has 2 fully saturated rings. The van der Waals surface area contributed by atoms with Gasteiger partial charge >= 0.3 is 6.09 Å². The Morgan fingerprint density at radius 2 is 2.36 bits per heavy atom. The normalized spacial score (nSPS) is 42.6. The molecule has 1 aliphatic carbocycles. The number of carbonyl (C=O) groups excluding carboxylic acids is 1. The molecule has 1 N–H and O–H groups in total. The summed E-state index contributed by atoms with van der Waals surface area (Å²) in [5, 5.41) is 2.83. The van der Waals surface area contributed by atoms with Crippen molar-refractivity contribution in [3.05, 3.63) is 0 Å². The summed E-state index contributed by atoms with van der Waals surface area (Å²) in [5.41, 5.74) is 0. The summed E-state index contributed by atoms with van der Waals surface area (Å²) in [7, 11) is 0. The van der Waals surface area contributed by atoms with E-state index >= 15 is 0 Å². The minimum Gasteiger partial charge on any atom is -0.444 e. The lowest BCUT2D eigenvalue weighted by Gasteiger charge is -2.26. The van der Waals surface area contributed by atoms with Gasteiger partial charge in [-0.05, 0) is 25.2 Å². The fourth-order valence-electron chi connectivity index (χ4n) is 1.97. The van der Waals surface area contributed by atoms with Crippen LogP contribution in [0.2, 0.25) is 0 Å². The Kier molecular flexibility index (Phi) is 1.51. The maximum Gasteiger partial charge on any atom is 0.407 e. The zero-order chi connectivity index (χ0) is 7.84. The molecule has 1 heterocycles. The Labute approximate surface area is 66.1 Å². The van der Waals surface area contributed by atoms with Crippen molar-refractivity contribution in [2.45, 2.75) is 38.3 Å². The van der Waals surface area contributed by atoms with Gasteiger partial charge in [-0.1, -0.05) is 6.92 Å². The first kappa shape index (κ1) is 6.95. The maximum absolute atomic E-state index is 10.8. The van der Waals surface area contributed by atoms with Gasteiger partial charge in [-0.25, -0.2) is 4.79 Å². The second-order valence-electron chi connectivity index (χ2n) is 3.61. The van der Waals surface area contributed by atoms with Crippen LogP contribution in [0, 0.1) is 5.92 Å². The van der Waals surface area contributed by atoms with Crippen molar-refractivity contribution in [2.24, 2.45) is 5.92 Å². The van der Waals surface area contributed by atoms with Crippen LogP contribution in [0.3, 0.4) is 0 Å². The number of carbonyl (C=O) groups is 1. The Bertz CT molecular complexity index is 181. The van der Waals surface area contributed by atoms with Crippen LogP contribution in [0.4, 0.5) is 4.79 Å². The molecule has 0 radical (unpaired) electrons. The van der Waals surface area contributed by atoms with Gasteiger partial charge in [0.2, 0.25) is 0 Å². The molecule has 0 aromatic rings. The van der Waals surface area contributed by atoms with Gasteiger partial charge in [0.25, 0.3) is 0 Å². The molecule has 3 atom stereocenters. The summed E-state index contributed by atoms with van der Waals surface area (Å²) < 4.78 is 5.06. The summed E-state index contributed by atoms with van der Waals surface area (Å²) >= 11 is 0. The van der Waals surface area contributed by atoms with E-state index in [4.69, 9.17) is 4.74 Å². The molecule has 3 heteroatoms. The molecular formula is C8H13NO2. The molecule has 1 saturated heterocycles. The van der Waals surface area contributed by atoms with Crippen molar-refractivity contribution in [1.82, 2.24) is 5.32 Å². The SMILES string of the molecule is C[C@H]1CC[C@@H]2OC(=O)N[C@H]2C1. The smallest absolute Gasteiger partial charge is 0.407 e. The van der Waals surface area contributed by atoms with Crippen LogP contribution in [0.1, 0.15) is 26.2 Å². The molecule has 1 saturated carbocycles. The van der Waals surface area contributed by atoms with Crippen molar-refractivity contribution < 1.29 is 9.53 Å². The van der Waals surface area contributed by atoms with Crippen LogP contribution in [-0.2, 0) is 4.74 Å². The highest BCUT2D eigenvalue weighted by Gasteiger charge is 2.37. The van der Waals surface area contributed by atoms with E-state index in [1.54, 1.807) is 0 Å². The predicted octanol–water partition coefficient (Wildman–Crippen LogP) is 1.28. The van der Waals surface area contributed by atoms with Gasteiger partial charge in [-0.15, -0.1) is 0 Å². The Morgan fingerprint density at radius 3 is 3.18 bits per heavy atom. The molecule has 2 rings (SSSR count). The Hall–Kier alpha value is -0.730. The summed E-state index contributed by atoms with van der Waals surface area (Å²) in [5.74, 6) is 0.734. The van der Waals surface area contributed by atoms with E-state index < -0.39 is 0 Å². The second-order valence-corrected chi connectivity index (χ2v) is 3.61.